The number of aromatic amines is 1. The fraction of sp³-hybridized carbons (Fsp3) is 0.407. The molecule has 0 amide bonds. The van der Waals surface area contributed by atoms with Crippen LogP contribution in [0.25, 0.3) is 22.8 Å². The van der Waals surface area contributed by atoms with Gasteiger partial charge in [-0.15, -0.1) is 0 Å². The Morgan fingerprint density at radius 2 is 1.70 bits per heavy atom. The zero-order valence-electron chi connectivity index (χ0n) is 21.9. The maximum absolute atomic E-state index is 13.8. The van der Waals surface area contributed by atoms with Crippen LogP contribution in [-0.4, -0.2) is 33.5 Å². The van der Waals surface area contributed by atoms with Crippen molar-refractivity contribution < 1.29 is 35.9 Å². The van der Waals surface area contributed by atoms with Crippen LogP contribution in [0.1, 0.15) is 45.2 Å². The lowest BCUT2D eigenvalue weighted by Gasteiger charge is -2.26. The average Bonchev–Trinajstić information content (AvgIpc) is 2.85. The van der Waals surface area contributed by atoms with Gasteiger partial charge >= 0.3 is 18.0 Å². The Labute approximate surface area is 230 Å². The van der Waals surface area contributed by atoms with E-state index in [1.54, 1.807) is 13.8 Å². The smallest absolute Gasteiger partial charge is 0.419 e. The molecule has 1 N–H and O–H groups in total. The van der Waals surface area contributed by atoms with E-state index in [2.05, 4.69) is 15.0 Å². The molecule has 0 bridgehead atoms. The molecule has 0 spiro atoms. The molecule has 0 saturated carbocycles. The number of carbonyl (C=O) groups is 1. The number of H-pyrrole nitrogens is 1. The number of benzene rings is 2. The molecule has 2 aromatic carbocycles. The summed E-state index contributed by atoms with van der Waals surface area (Å²) >= 11 is 6.28. The van der Waals surface area contributed by atoms with Gasteiger partial charge in [0.15, 0.2) is 5.82 Å². The number of ketones is 1. The third-order valence-corrected chi connectivity index (χ3v) is 6.43. The van der Waals surface area contributed by atoms with Crippen molar-refractivity contribution in [3.05, 3.63) is 63.0 Å². The van der Waals surface area contributed by atoms with Gasteiger partial charge in [-0.3, -0.25) is 9.78 Å². The Bertz CT molecular complexity index is 1450. The highest BCUT2D eigenvalue weighted by atomic mass is 35.5. The molecular weight excluding hydrogens is 564 g/mol. The van der Waals surface area contributed by atoms with Crippen molar-refractivity contribution >= 4 is 17.4 Å². The Morgan fingerprint density at radius 3 is 2.30 bits per heavy atom. The monoisotopic (exact) mass is 589 g/mol. The summed E-state index contributed by atoms with van der Waals surface area (Å²) in [6.07, 6.45) is -9.94. The van der Waals surface area contributed by atoms with Crippen LogP contribution in [0.2, 0.25) is 5.02 Å². The van der Waals surface area contributed by atoms with Crippen molar-refractivity contribution in [2.24, 2.45) is 11.3 Å². The van der Waals surface area contributed by atoms with Crippen LogP contribution in [0, 0.1) is 11.3 Å². The third kappa shape index (κ3) is 7.21. The molecule has 6 nitrogen and oxygen atoms in total. The van der Waals surface area contributed by atoms with E-state index in [0.717, 1.165) is 26.0 Å². The average molecular weight is 590 g/mol. The number of aryl methyl sites for hydroxylation is 1. The fourth-order valence-corrected chi connectivity index (χ4v) is 3.76. The highest BCUT2D eigenvalue weighted by Gasteiger charge is 2.51. The zero-order valence-corrected chi connectivity index (χ0v) is 22.7. The molecule has 1 heterocycles. The summed E-state index contributed by atoms with van der Waals surface area (Å²) in [5.41, 5.74) is -4.04. The zero-order chi connectivity index (χ0) is 30.0. The number of nitrogens with zero attached hydrogens (tertiary/aromatic N) is 2. The van der Waals surface area contributed by atoms with Crippen LogP contribution in [-0.2, 0) is 17.4 Å². The summed E-state index contributed by atoms with van der Waals surface area (Å²) in [7, 11) is 0. The van der Waals surface area contributed by atoms with Crippen LogP contribution in [0.4, 0.5) is 26.3 Å². The number of halogens is 7. The minimum atomic E-state index is -4.76. The molecule has 13 heteroatoms. The van der Waals surface area contributed by atoms with E-state index in [0.29, 0.717) is 5.56 Å². The van der Waals surface area contributed by atoms with Crippen molar-refractivity contribution in [3.8, 4) is 28.5 Å². The Kier molecular flexibility index (Phi) is 9.02. The van der Waals surface area contributed by atoms with Crippen LogP contribution in [0.5, 0.6) is 5.75 Å². The number of carbonyl (C=O) groups excluding carboxylic acids is 1. The topological polar surface area (TPSA) is 84.9 Å². The molecule has 216 valence electrons. The normalized spacial score (nSPS) is 12.6. The summed E-state index contributed by atoms with van der Waals surface area (Å²) in [5, 5.41) is 0.0967. The summed E-state index contributed by atoms with van der Waals surface area (Å²) in [6.45, 7) is 5.25. The molecule has 0 unspecified atom stereocenters. The third-order valence-electron chi connectivity index (χ3n) is 6.10. The largest absolute Gasteiger partial charge is 0.493 e. The van der Waals surface area contributed by atoms with Gasteiger partial charge in [-0.05, 0) is 62.1 Å². The quantitative estimate of drug-likeness (QED) is 0.265. The first-order valence-electron chi connectivity index (χ1n) is 12.1. The number of alkyl halides is 6. The maximum atomic E-state index is 13.8. The summed E-state index contributed by atoms with van der Waals surface area (Å²) in [4.78, 5) is 34.9. The van der Waals surface area contributed by atoms with E-state index in [1.165, 1.54) is 24.3 Å². The number of Topliss-reactive ketones (excluding diaryl/α,β-unsaturated/α-hetero) is 1. The van der Waals surface area contributed by atoms with Gasteiger partial charge in [0, 0.05) is 17.5 Å². The van der Waals surface area contributed by atoms with Gasteiger partial charge in [0.05, 0.1) is 17.2 Å². The summed E-state index contributed by atoms with van der Waals surface area (Å²) < 4.78 is 86.2. The Morgan fingerprint density at radius 1 is 1.02 bits per heavy atom. The molecule has 0 aliphatic carbocycles. The van der Waals surface area contributed by atoms with Gasteiger partial charge in [-0.1, -0.05) is 31.5 Å². The van der Waals surface area contributed by atoms with Crippen molar-refractivity contribution in [2.75, 3.05) is 6.61 Å². The summed E-state index contributed by atoms with van der Waals surface area (Å²) in [6, 6.07) is 7.54. The minimum Gasteiger partial charge on any atom is -0.493 e. The standard InChI is InChI=1S/C27H26ClF6N3O3/c1-14(2)13-40-20-9-7-16(12-18(20)26(29,30)31)22-35-23(37-24(39)36-22)17-11-15(5-8-19(17)28)6-10-21(38)25(3,4)27(32,33)34/h5,7-9,11-12,14H,6,10,13H2,1-4H3,(H,35,36,37,39). The number of aromatic nitrogens is 3. The molecule has 40 heavy (non-hydrogen) atoms. The van der Waals surface area contributed by atoms with Crippen molar-refractivity contribution in [1.29, 1.82) is 0 Å². The van der Waals surface area contributed by atoms with Gasteiger partial charge < -0.3 is 4.74 Å². The summed E-state index contributed by atoms with van der Waals surface area (Å²) in [5.74, 6) is -1.85. The first-order chi connectivity index (χ1) is 18.4. The Balaban J connectivity index is 1.97. The van der Waals surface area contributed by atoms with Crippen molar-refractivity contribution in [1.82, 2.24) is 15.0 Å². The van der Waals surface area contributed by atoms with E-state index in [1.807, 2.05) is 0 Å². The highest BCUT2D eigenvalue weighted by molar-refractivity contribution is 6.33. The van der Waals surface area contributed by atoms with E-state index in [4.69, 9.17) is 16.3 Å². The van der Waals surface area contributed by atoms with E-state index < -0.39 is 41.2 Å². The molecule has 3 aromatic rings. The molecular formula is C27H26ClF6N3O3. The fourth-order valence-electron chi connectivity index (χ4n) is 3.55. The number of hydrogen-bond acceptors (Lipinski definition) is 5. The second kappa shape index (κ2) is 11.6. The van der Waals surface area contributed by atoms with Crippen LogP contribution < -0.4 is 10.4 Å². The van der Waals surface area contributed by atoms with E-state index >= 15 is 0 Å². The number of ether oxygens (including phenoxy) is 1. The SMILES string of the molecule is CC(C)COc1ccc(-c2nc(-c3cc(CCC(=O)C(C)(C)C(F)(F)F)ccc3Cl)[nH]c(=O)n2)cc1C(F)(F)F. The molecule has 0 radical (unpaired) electrons. The maximum Gasteiger partial charge on any atom is 0.419 e. The first-order valence-corrected chi connectivity index (χ1v) is 12.5. The van der Waals surface area contributed by atoms with E-state index in [9.17, 15) is 35.9 Å². The second-order valence-electron chi connectivity index (χ2n) is 10.1. The molecule has 0 aliphatic heterocycles. The number of hydrogen-bond donors (Lipinski definition) is 1. The predicted molar refractivity (Wildman–Crippen MR) is 137 cm³/mol. The lowest BCUT2D eigenvalue weighted by Crippen LogP contribution is -2.39. The van der Waals surface area contributed by atoms with Gasteiger partial charge in [0.2, 0.25) is 0 Å². The molecule has 0 aliphatic rings. The van der Waals surface area contributed by atoms with Gasteiger partial charge in [0.25, 0.3) is 0 Å². The van der Waals surface area contributed by atoms with Crippen LogP contribution in [0.15, 0.2) is 41.2 Å². The van der Waals surface area contributed by atoms with E-state index in [-0.39, 0.29) is 52.5 Å². The molecule has 3 rings (SSSR count). The van der Waals surface area contributed by atoms with Crippen LogP contribution >= 0.6 is 11.6 Å². The number of nitrogens with one attached hydrogen (secondary N) is 1. The van der Waals surface area contributed by atoms with Crippen molar-refractivity contribution in [2.45, 2.75) is 52.9 Å². The molecule has 1 aromatic heterocycles. The van der Waals surface area contributed by atoms with Gasteiger partial charge in [-0.25, -0.2) is 9.78 Å². The number of rotatable bonds is 9. The first kappa shape index (κ1) is 31.1. The lowest BCUT2D eigenvalue weighted by molar-refractivity contribution is -0.210. The van der Waals surface area contributed by atoms with Crippen LogP contribution in [0.3, 0.4) is 0 Å². The van der Waals surface area contributed by atoms with Crippen molar-refractivity contribution in [3.63, 3.8) is 0 Å². The van der Waals surface area contributed by atoms with Gasteiger partial charge in [-0.2, -0.15) is 31.3 Å². The molecule has 0 fully saturated rings. The Hall–Kier alpha value is -3.41. The lowest BCUT2D eigenvalue weighted by atomic mass is 9.84. The minimum absolute atomic E-state index is 0.0194. The molecule has 0 atom stereocenters. The highest BCUT2D eigenvalue weighted by Crippen LogP contribution is 2.40. The van der Waals surface area contributed by atoms with Gasteiger partial charge in [0.1, 0.15) is 22.8 Å². The molecule has 0 saturated heterocycles. The second-order valence-corrected chi connectivity index (χ2v) is 10.5. The predicted octanol–water partition coefficient (Wildman–Crippen LogP) is 7.30.